The van der Waals surface area contributed by atoms with Crippen LogP contribution in [0.3, 0.4) is 0 Å². The van der Waals surface area contributed by atoms with Crippen molar-refractivity contribution in [2.24, 2.45) is 16.6 Å². The van der Waals surface area contributed by atoms with E-state index >= 15 is 0 Å². The maximum atomic E-state index is 13.4. The average Bonchev–Trinajstić information content (AvgIpc) is 2.63. The first kappa shape index (κ1) is 22.8. The van der Waals surface area contributed by atoms with Gasteiger partial charge in [-0.2, -0.15) is 0 Å². The number of benzene rings is 1. The number of primary amides is 1. The molecule has 1 amide bonds. The van der Waals surface area contributed by atoms with Gasteiger partial charge in [-0.05, 0) is 41.9 Å². The molecule has 7 heteroatoms. The Hall–Kier alpha value is -2.41. The summed E-state index contributed by atoms with van der Waals surface area (Å²) >= 11 is 3.52. The molecule has 0 fully saturated rings. The molecule has 1 aromatic carbocycles. The zero-order valence-corrected chi connectivity index (χ0v) is 20.5. The molecule has 0 radical (unpaired) electrons. The Bertz CT molecular complexity index is 1050. The minimum absolute atomic E-state index is 0.0405. The second-order valence-electron chi connectivity index (χ2n) is 10.7. The van der Waals surface area contributed by atoms with Crippen molar-refractivity contribution in [3.05, 3.63) is 50.8 Å². The summed E-state index contributed by atoms with van der Waals surface area (Å²) in [5, 5.41) is 3.50. The van der Waals surface area contributed by atoms with Crippen LogP contribution in [-0.2, 0) is 14.4 Å². The number of rotatable bonds is 4. The molecule has 6 nitrogen and oxygen atoms in total. The molecule has 0 unspecified atom stereocenters. The molecule has 170 valence electrons. The van der Waals surface area contributed by atoms with Gasteiger partial charge in [0.2, 0.25) is 0 Å². The van der Waals surface area contributed by atoms with E-state index in [2.05, 4.69) is 48.9 Å². The van der Waals surface area contributed by atoms with Crippen LogP contribution in [0.15, 0.2) is 45.2 Å². The maximum Gasteiger partial charge on any atom is 0.255 e. The van der Waals surface area contributed by atoms with Crippen LogP contribution in [0.5, 0.6) is 5.75 Å². The highest BCUT2D eigenvalue weighted by atomic mass is 79.9. The van der Waals surface area contributed by atoms with Gasteiger partial charge in [0.25, 0.3) is 5.91 Å². The fourth-order valence-corrected chi connectivity index (χ4v) is 5.60. The van der Waals surface area contributed by atoms with Crippen molar-refractivity contribution in [3.63, 3.8) is 0 Å². The molecular weight excluding hydrogens is 472 g/mol. The summed E-state index contributed by atoms with van der Waals surface area (Å²) in [5.74, 6) is -0.589. The molecule has 1 aliphatic heterocycles. The third-order valence-corrected chi connectivity index (χ3v) is 6.87. The summed E-state index contributed by atoms with van der Waals surface area (Å²) in [4.78, 5) is 38.3. The summed E-state index contributed by atoms with van der Waals surface area (Å²) in [6.07, 6.45) is 2.28. The van der Waals surface area contributed by atoms with Crippen LogP contribution in [0.1, 0.15) is 64.9 Å². The third kappa shape index (κ3) is 4.27. The van der Waals surface area contributed by atoms with Gasteiger partial charge in [0, 0.05) is 51.3 Å². The van der Waals surface area contributed by atoms with Gasteiger partial charge in [-0.25, -0.2) is 0 Å². The lowest BCUT2D eigenvalue weighted by molar-refractivity contribution is -0.121. The number of dihydropyridines is 1. The van der Waals surface area contributed by atoms with Crippen LogP contribution >= 0.6 is 15.9 Å². The first-order valence-corrected chi connectivity index (χ1v) is 11.7. The maximum absolute atomic E-state index is 13.4. The lowest BCUT2D eigenvalue weighted by atomic mass is 9.64. The zero-order chi connectivity index (χ0) is 23.4. The Morgan fingerprint density at radius 1 is 1.03 bits per heavy atom. The van der Waals surface area contributed by atoms with Gasteiger partial charge < -0.3 is 15.8 Å². The van der Waals surface area contributed by atoms with E-state index in [-0.39, 0.29) is 29.0 Å². The van der Waals surface area contributed by atoms with Gasteiger partial charge in [-0.3, -0.25) is 14.4 Å². The smallest absolute Gasteiger partial charge is 0.255 e. The van der Waals surface area contributed by atoms with Crippen LogP contribution in [0.25, 0.3) is 0 Å². The summed E-state index contributed by atoms with van der Waals surface area (Å²) in [6, 6.07) is 5.43. The molecule has 32 heavy (non-hydrogen) atoms. The summed E-state index contributed by atoms with van der Waals surface area (Å²) in [6.45, 7) is 8.08. The number of allylic oxidation sites excluding steroid dienone is 4. The number of ether oxygens (including phenoxy) is 1. The highest BCUT2D eigenvalue weighted by Gasteiger charge is 2.47. The number of hydrogen-bond acceptors (Lipinski definition) is 5. The lowest BCUT2D eigenvalue weighted by Gasteiger charge is -2.44. The molecule has 0 saturated heterocycles. The normalized spacial score (nSPS) is 22.3. The van der Waals surface area contributed by atoms with Crippen LogP contribution in [0, 0.1) is 10.8 Å². The molecule has 4 rings (SSSR count). The van der Waals surface area contributed by atoms with E-state index in [0.29, 0.717) is 35.3 Å². The van der Waals surface area contributed by atoms with Crippen molar-refractivity contribution in [2.45, 2.75) is 59.3 Å². The van der Waals surface area contributed by atoms with Crippen molar-refractivity contribution in [2.75, 3.05) is 6.61 Å². The van der Waals surface area contributed by atoms with Crippen LogP contribution in [0.4, 0.5) is 0 Å². The fourth-order valence-electron chi connectivity index (χ4n) is 5.23. The molecule has 1 heterocycles. The Labute approximate surface area is 196 Å². The number of Topliss-reactive ketones (excluding diaryl/α,β-unsaturated/α-hetero) is 2. The minimum Gasteiger partial charge on any atom is -0.483 e. The monoisotopic (exact) mass is 500 g/mol. The Kier molecular flexibility index (Phi) is 5.60. The van der Waals surface area contributed by atoms with E-state index in [1.165, 1.54) is 0 Å². The molecule has 3 N–H and O–H groups in total. The van der Waals surface area contributed by atoms with Gasteiger partial charge in [0.05, 0.1) is 0 Å². The summed E-state index contributed by atoms with van der Waals surface area (Å²) < 4.78 is 6.54. The molecular formula is C25H29BrN2O4. The topological polar surface area (TPSA) is 98.5 Å². The largest absolute Gasteiger partial charge is 0.483 e. The van der Waals surface area contributed by atoms with Crippen molar-refractivity contribution in [1.29, 1.82) is 0 Å². The van der Waals surface area contributed by atoms with Gasteiger partial charge in [0.15, 0.2) is 18.2 Å². The predicted molar refractivity (Wildman–Crippen MR) is 125 cm³/mol. The number of carbonyl (C=O) groups is 3. The summed E-state index contributed by atoms with van der Waals surface area (Å²) in [7, 11) is 0. The van der Waals surface area contributed by atoms with E-state index in [1.807, 2.05) is 12.1 Å². The number of nitrogens with two attached hydrogens (primary N) is 1. The number of carbonyl (C=O) groups excluding carboxylic acids is 3. The Morgan fingerprint density at radius 2 is 1.56 bits per heavy atom. The minimum atomic E-state index is -0.588. The quantitative estimate of drug-likeness (QED) is 0.642. The van der Waals surface area contributed by atoms with Crippen LogP contribution in [-0.4, -0.2) is 24.1 Å². The highest BCUT2D eigenvalue weighted by Crippen LogP contribution is 2.52. The molecule has 1 aromatic rings. The SMILES string of the molecule is CC1(C)CC(=O)C2=C(C1)NC1=C(C(=O)CC(C)(C)C1)C2c1cc(Br)ccc1OCC(N)=O. The van der Waals surface area contributed by atoms with E-state index in [0.717, 1.165) is 28.7 Å². The molecule has 0 atom stereocenters. The van der Waals surface area contributed by atoms with E-state index < -0.39 is 11.8 Å². The van der Waals surface area contributed by atoms with E-state index in [4.69, 9.17) is 10.5 Å². The molecule has 0 spiro atoms. The fraction of sp³-hybridized carbons (Fsp3) is 0.480. The Balaban J connectivity index is 1.93. The zero-order valence-electron chi connectivity index (χ0n) is 18.9. The second kappa shape index (κ2) is 7.87. The van der Waals surface area contributed by atoms with Gasteiger partial charge in [0.1, 0.15) is 5.75 Å². The lowest BCUT2D eigenvalue weighted by Crippen LogP contribution is -2.42. The number of amides is 1. The first-order valence-electron chi connectivity index (χ1n) is 10.9. The predicted octanol–water partition coefficient (Wildman–Crippen LogP) is 4.29. The van der Waals surface area contributed by atoms with Gasteiger partial charge in [-0.15, -0.1) is 0 Å². The average molecular weight is 501 g/mol. The van der Waals surface area contributed by atoms with Crippen molar-refractivity contribution >= 4 is 33.4 Å². The Morgan fingerprint density at radius 3 is 2.06 bits per heavy atom. The highest BCUT2D eigenvalue weighted by molar-refractivity contribution is 9.10. The van der Waals surface area contributed by atoms with Gasteiger partial charge in [-0.1, -0.05) is 43.6 Å². The first-order chi connectivity index (χ1) is 14.9. The number of nitrogens with one attached hydrogen (secondary N) is 1. The van der Waals surface area contributed by atoms with E-state index in [1.54, 1.807) is 6.07 Å². The standard InChI is InChI=1S/C25H29BrN2O4/c1-24(2)8-15-22(17(29)10-24)21(23-16(28-15)9-25(3,4)11-18(23)30)14-7-13(26)5-6-19(14)32-12-20(27)31/h5-7,21,28H,8-12H2,1-4H3,(H2,27,31). The molecule has 2 aliphatic carbocycles. The van der Waals surface area contributed by atoms with E-state index in [9.17, 15) is 14.4 Å². The van der Waals surface area contributed by atoms with Crippen molar-refractivity contribution in [1.82, 2.24) is 5.32 Å². The van der Waals surface area contributed by atoms with Crippen molar-refractivity contribution in [3.8, 4) is 5.75 Å². The number of hydrogen-bond donors (Lipinski definition) is 2. The summed E-state index contributed by atoms with van der Waals surface area (Å²) in [5.41, 5.74) is 8.73. The third-order valence-electron chi connectivity index (χ3n) is 6.37. The second-order valence-corrected chi connectivity index (χ2v) is 11.6. The number of halogens is 1. The molecule has 0 aromatic heterocycles. The molecule has 3 aliphatic rings. The van der Waals surface area contributed by atoms with Crippen LogP contribution < -0.4 is 15.8 Å². The van der Waals surface area contributed by atoms with Gasteiger partial charge >= 0.3 is 0 Å². The van der Waals surface area contributed by atoms with Crippen LogP contribution in [0.2, 0.25) is 0 Å². The van der Waals surface area contributed by atoms with Crippen molar-refractivity contribution < 1.29 is 19.1 Å². The molecule has 0 saturated carbocycles. The molecule has 0 bridgehead atoms. The number of ketones is 2.